The van der Waals surface area contributed by atoms with Gasteiger partial charge >= 0.3 is 0 Å². The first-order valence-corrected chi connectivity index (χ1v) is 7.03. The fourth-order valence-electron chi connectivity index (χ4n) is 0.977. The Bertz CT molecular complexity index is 400. The van der Waals surface area contributed by atoms with Gasteiger partial charge < -0.3 is 5.32 Å². The summed E-state index contributed by atoms with van der Waals surface area (Å²) in [5, 5.41) is 3.74. The molecule has 2 N–H and O–H groups in total. The van der Waals surface area contributed by atoms with Gasteiger partial charge in [0.15, 0.2) is 0 Å². The van der Waals surface area contributed by atoms with Gasteiger partial charge in [0, 0.05) is 24.2 Å². The van der Waals surface area contributed by atoms with E-state index < -0.39 is 10.0 Å². The predicted molar refractivity (Wildman–Crippen MR) is 61.4 cm³/mol. The zero-order valence-electron chi connectivity index (χ0n) is 8.78. The minimum absolute atomic E-state index is 0.0985. The van der Waals surface area contributed by atoms with E-state index in [0.717, 1.165) is 9.88 Å². The number of aromatic nitrogens is 1. The van der Waals surface area contributed by atoms with Gasteiger partial charge in [0.25, 0.3) is 0 Å². The van der Waals surface area contributed by atoms with Crippen molar-refractivity contribution in [3.05, 3.63) is 16.1 Å². The number of thiazole rings is 1. The summed E-state index contributed by atoms with van der Waals surface area (Å²) in [4.78, 5) is 4.98. The van der Waals surface area contributed by atoms with Crippen molar-refractivity contribution in [1.82, 2.24) is 15.0 Å². The molecular weight excluding hydrogens is 234 g/mol. The lowest BCUT2D eigenvalue weighted by molar-refractivity contribution is 0.579. The maximum atomic E-state index is 11.4. The highest BCUT2D eigenvalue weighted by Crippen LogP contribution is 2.10. The molecule has 0 aliphatic heterocycles. The Balaban J connectivity index is 2.42. The Kier molecular flexibility index (Phi) is 4.65. The topological polar surface area (TPSA) is 71.1 Å². The molecular formula is C8H15N3O2S2. The number of aryl methyl sites for hydroxylation is 1. The molecule has 1 heterocycles. The van der Waals surface area contributed by atoms with Gasteiger partial charge in [0.2, 0.25) is 10.0 Å². The lowest BCUT2D eigenvalue weighted by Gasteiger charge is -2.04. The van der Waals surface area contributed by atoms with E-state index in [1.54, 1.807) is 13.2 Å². The zero-order chi connectivity index (χ0) is 11.3. The van der Waals surface area contributed by atoms with E-state index >= 15 is 0 Å². The molecule has 0 saturated carbocycles. The Morgan fingerprint density at radius 2 is 2.27 bits per heavy atom. The first-order valence-electron chi connectivity index (χ1n) is 4.57. The Morgan fingerprint density at radius 1 is 1.53 bits per heavy atom. The summed E-state index contributed by atoms with van der Waals surface area (Å²) in [7, 11) is -1.44. The maximum absolute atomic E-state index is 11.4. The van der Waals surface area contributed by atoms with Crippen LogP contribution in [0.15, 0.2) is 6.20 Å². The molecule has 0 spiro atoms. The molecule has 0 unspecified atom stereocenters. The third-order valence-corrected chi connectivity index (χ3v) is 3.99. The first kappa shape index (κ1) is 12.6. The van der Waals surface area contributed by atoms with Gasteiger partial charge in [-0.05, 0) is 14.0 Å². The van der Waals surface area contributed by atoms with Crippen LogP contribution in [0.25, 0.3) is 0 Å². The van der Waals surface area contributed by atoms with Crippen LogP contribution in [0.1, 0.15) is 9.88 Å². The van der Waals surface area contributed by atoms with Crippen molar-refractivity contribution in [3.63, 3.8) is 0 Å². The smallest absolute Gasteiger partial charge is 0.213 e. The summed E-state index contributed by atoms with van der Waals surface area (Å²) in [5.74, 6) is 0.0985. The lowest BCUT2D eigenvalue weighted by atomic mass is 10.6. The van der Waals surface area contributed by atoms with Crippen molar-refractivity contribution in [3.8, 4) is 0 Å². The van der Waals surface area contributed by atoms with Crippen molar-refractivity contribution in [2.24, 2.45) is 0 Å². The zero-order valence-corrected chi connectivity index (χ0v) is 10.4. The molecule has 0 aromatic carbocycles. The van der Waals surface area contributed by atoms with E-state index in [1.165, 1.54) is 11.3 Å². The number of nitrogens with one attached hydrogen (secondary N) is 2. The molecule has 0 radical (unpaired) electrons. The SMILES string of the molecule is CNCCS(=O)(=O)NCc1cnc(C)s1. The van der Waals surface area contributed by atoms with Crippen molar-refractivity contribution in [2.75, 3.05) is 19.3 Å². The number of hydrogen-bond acceptors (Lipinski definition) is 5. The van der Waals surface area contributed by atoms with Crippen molar-refractivity contribution in [1.29, 1.82) is 0 Å². The van der Waals surface area contributed by atoms with Crippen LogP contribution in [-0.2, 0) is 16.6 Å². The number of hydrogen-bond donors (Lipinski definition) is 2. The molecule has 0 saturated heterocycles. The molecule has 0 aliphatic rings. The van der Waals surface area contributed by atoms with E-state index in [1.807, 2.05) is 6.92 Å². The van der Waals surface area contributed by atoms with Crippen LogP contribution in [0.2, 0.25) is 0 Å². The van der Waals surface area contributed by atoms with Gasteiger partial charge in [-0.15, -0.1) is 11.3 Å². The Labute approximate surface area is 94.0 Å². The van der Waals surface area contributed by atoms with E-state index in [0.29, 0.717) is 13.1 Å². The molecule has 15 heavy (non-hydrogen) atoms. The van der Waals surface area contributed by atoms with Gasteiger partial charge in [-0.1, -0.05) is 0 Å². The highest BCUT2D eigenvalue weighted by molar-refractivity contribution is 7.89. The molecule has 1 aromatic rings. The quantitative estimate of drug-likeness (QED) is 0.749. The van der Waals surface area contributed by atoms with Crippen molar-refractivity contribution in [2.45, 2.75) is 13.5 Å². The second-order valence-electron chi connectivity index (χ2n) is 3.09. The first-order chi connectivity index (χ1) is 7.03. The lowest BCUT2D eigenvalue weighted by Crippen LogP contribution is -2.30. The summed E-state index contributed by atoms with van der Waals surface area (Å²) < 4.78 is 25.3. The molecule has 0 amide bonds. The van der Waals surface area contributed by atoms with Crippen LogP contribution >= 0.6 is 11.3 Å². The van der Waals surface area contributed by atoms with E-state index in [-0.39, 0.29) is 5.75 Å². The monoisotopic (exact) mass is 249 g/mol. The van der Waals surface area contributed by atoms with Crippen LogP contribution in [-0.4, -0.2) is 32.7 Å². The molecule has 0 aliphatic carbocycles. The highest BCUT2D eigenvalue weighted by Gasteiger charge is 2.09. The fourth-order valence-corrected chi connectivity index (χ4v) is 2.80. The van der Waals surface area contributed by atoms with Crippen LogP contribution in [0.4, 0.5) is 0 Å². The van der Waals surface area contributed by atoms with Crippen molar-refractivity contribution >= 4 is 21.4 Å². The third-order valence-electron chi connectivity index (χ3n) is 1.76. The van der Waals surface area contributed by atoms with Gasteiger partial charge in [0.05, 0.1) is 10.8 Å². The normalized spacial score (nSPS) is 11.9. The van der Waals surface area contributed by atoms with E-state index in [4.69, 9.17) is 0 Å². The van der Waals surface area contributed by atoms with Crippen molar-refractivity contribution < 1.29 is 8.42 Å². The Hall–Kier alpha value is -0.500. The van der Waals surface area contributed by atoms with Gasteiger partial charge in [0.1, 0.15) is 0 Å². The van der Waals surface area contributed by atoms with Gasteiger partial charge in [-0.2, -0.15) is 0 Å². The second kappa shape index (κ2) is 5.55. The summed E-state index contributed by atoms with van der Waals surface area (Å²) in [6.07, 6.45) is 1.70. The number of nitrogens with zero attached hydrogens (tertiary/aromatic N) is 1. The average molecular weight is 249 g/mol. The number of rotatable bonds is 6. The predicted octanol–water partition coefficient (Wildman–Crippen LogP) is 0.0903. The van der Waals surface area contributed by atoms with E-state index in [2.05, 4.69) is 15.0 Å². The molecule has 0 fully saturated rings. The standard InChI is InChI=1S/C8H15N3O2S2/c1-7-10-5-8(14-7)6-11-15(12,13)4-3-9-2/h5,9,11H,3-4,6H2,1-2H3. The average Bonchev–Trinajstić information content (AvgIpc) is 2.59. The fraction of sp³-hybridized carbons (Fsp3) is 0.625. The summed E-state index contributed by atoms with van der Waals surface area (Å²) in [6.45, 7) is 2.68. The van der Waals surface area contributed by atoms with Crippen LogP contribution in [0.5, 0.6) is 0 Å². The molecule has 1 rings (SSSR count). The van der Waals surface area contributed by atoms with Crippen LogP contribution < -0.4 is 10.0 Å². The third kappa shape index (κ3) is 4.70. The molecule has 86 valence electrons. The second-order valence-corrected chi connectivity index (χ2v) is 6.33. The molecule has 0 bridgehead atoms. The summed E-state index contributed by atoms with van der Waals surface area (Å²) in [6, 6.07) is 0. The largest absolute Gasteiger partial charge is 0.319 e. The summed E-state index contributed by atoms with van der Waals surface area (Å²) in [5.41, 5.74) is 0. The molecule has 0 atom stereocenters. The number of sulfonamides is 1. The Morgan fingerprint density at radius 3 is 2.80 bits per heavy atom. The minimum atomic E-state index is -3.17. The van der Waals surface area contributed by atoms with Crippen LogP contribution in [0.3, 0.4) is 0 Å². The van der Waals surface area contributed by atoms with Gasteiger partial charge in [-0.3, -0.25) is 0 Å². The van der Waals surface area contributed by atoms with Crippen LogP contribution in [0, 0.1) is 6.92 Å². The highest BCUT2D eigenvalue weighted by atomic mass is 32.2. The molecule has 7 heteroatoms. The summed E-state index contributed by atoms with van der Waals surface area (Å²) >= 11 is 1.50. The maximum Gasteiger partial charge on any atom is 0.213 e. The molecule has 5 nitrogen and oxygen atoms in total. The molecule has 1 aromatic heterocycles. The minimum Gasteiger partial charge on any atom is -0.319 e. The van der Waals surface area contributed by atoms with Gasteiger partial charge in [-0.25, -0.2) is 18.1 Å². The van der Waals surface area contributed by atoms with E-state index in [9.17, 15) is 8.42 Å².